The quantitative estimate of drug-likeness (QED) is 0.869. The van der Waals surface area contributed by atoms with Gasteiger partial charge in [-0.1, -0.05) is 32.9 Å². The lowest BCUT2D eigenvalue weighted by Crippen LogP contribution is -2.36. The third kappa shape index (κ3) is 3.81. The number of alkyl halides is 3. The van der Waals surface area contributed by atoms with Gasteiger partial charge in [-0.3, -0.25) is 9.59 Å². The number of halogens is 3. The Kier molecular flexibility index (Phi) is 4.37. The minimum absolute atomic E-state index is 0.0683. The molecule has 1 N–H and O–H groups in total. The lowest BCUT2D eigenvalue weighted by molar-refractivity contribution is -0.137. The molecular weight excluding hydrogens is 307 g/mol. The van der Waals surface area contributed by atoms with Crippen LogP contribution in [0.3, 0.4) is 0 Å². The van der Waals surface area contributed by atoms with Gasteiger partial charge >= 0.3 is 6.18 Å². The Morgan fingerprint density at radius 3 is 2.00 bits per heavy atom. The summed E-state index contributed by atoms with van der Waals surface area (Å²) in [5, 5.41) is 2.94. The van der Waals surface area contributed by atoms with Crippen molar-refractivity contribution in [2.24, 2.45) is 5.41 Å². The molecule has 0 bridgehead atoms. The van der Waals surface area contributed by atoms with E-state index in [0.717, 1.165) is 18.6 Å². The molecule has 0 saturated carbocycles. The zero-order chi connectivity index (χ0) is 17.4. The molecule has 124 valence electrons. The van der Waals surface area contributed by atoms with E-state index in [1.807, 2.05) is 20.8 Å². The number of hydrogen-bond donors (Lipinski definition) is 1. The fourth-order valence-electron chi connectivity index (χ4n) is 2.22. The molecule has 0 atom stereocenters. The van der Waals surface area contributed by atoms with Gasteiger partial charge in [0.25, 0.3) is 0 Å². The molecule has 0 aliphatic carbocycles. The molecule has 0 aliphatic heterocycles. The smallest absolute Gasteiger partial charge is 0.381 e. The zero-order valence-electron chi connectivity index (χ0n) is 13.2. The van der Waals surface area contributed by atoms with E-state index in [-0.39, 0.29) is 16.7 Å². The molecule has 0 heterocycles. The normalized spacial score (nSPS) is 12.6. The summed E-state index contributed by atoms with van der Waals surface area (Å²) in [6, 6.07) is 4.25. The van der Waals surface area contributed by atoms with Gasteiger partial charge in [0.1, 0.15) is 0 Å². The van der Waals surface area contributed by atoms with Crippen LogP contribution in [0.4, 0.5) is 18.9 Å². The van der Waals surface area contributed by atoms with Gasteiger partial charge in [-0.25, -0.2) is 0 Å². The average molecular weight is 325 g/mol. The van der Waals surface area contributed by atoms with Crippen molar-refractivity contribution < 1.29 is 13.2 Å². The highest BCUT2D eigenvalue weighted by Gasteiger charge is 2.30. The molecule has 2 aromatic carbocycles. The summed E-state index contributed by atoms with van der Waals surface area (Å²) in [6.45, 7) is 6.66. The van der Waals surface area contributed by atoms with Gasteiger partial charge in [0.2, 0.25) is 10.9 Å². The van der Waals surface area contributed by atoms with Crippen LogP contribution in [0.25, 0.3) is 11.1 Å². The summed E-state index contributed by atoms with van der Waals surface area (Å²) >= 11 is 0. The first-order valence-electron chi connectivity index (χ1n) is 7.25. The van der Waals surface area contributed by atoms with Crippen molar-refractivity contribution in [2.45, 2.75) is 33.4 Å². The molecule has 0 saturated heterocycles. The highest BCUT2D eigenvalue weighted by molar-refractivity contribution is 5.81. The van der Waals surface area contributed by atoms with Crippen LogP contribution >= 0.6 is 0 Å². The highest BCUT2D eigenvalue weighted by atomic mass is 19.4. The molecule has 2 aromatic rings. The number of nitrogens with one attached hydrogen (secondary N) is 1. The van der Waals surface area contributed by atoms with Gasteiger partial charge in [-0.2, -0.15) is 13.2 Å². The lowest BCUT2D eigenvalue weighted by atomic mass is 9.92. The van der Waals surface area contributed by atoms with Gasteiger partial charge in [0, 0.05) is 6.54 Å². The van der Waals surface area contributed by atoms with Crippen LogP contribution in [-0.4, -0.2) is 6.54 Å². The Morgan fingerprint density at radius 1 is 0.957 bits per heavy atom. The number of benzene rings is 1. The van der Waals surface area contributed by atoms with Crippen molar-refractivity contribution >= 4 is 5.69 Å². The predicted molar refractivity (Wildman–Crippen MR) is 84.4 cm³/mol. The third-order valence-corrected chi connectivity index (χ3v) is 3.59. The molecule has 23 heavy (non-hydrogen) atoms. The third-order valence-electron chi connectivity index (χ3n) is 3.59. The van der Waals surface area contributed by atoms with Crippen LogP contribution < -0.4 is 16.2 Å². The lowest BCUT2D eigenvalue weighted by Gasteiger charge is -2.20. The molecule has 2 rings (SSSR count). The molecule has 0 aliphatic rings. The van der Waals surface area contributed by atoms with Crippen molar-refractivity contribution in [3.8, 4) is 11.1 Å². The maximum absolute atomic E-state index is 12.6. The molecule has 0 unspecified atom stereocenters. The van der Waals surface area contributed by atoms with E-state index in [1.165, 1.54) is 12.1 Å². The van der Waals surface area contributed by atoms with E-state index in [9.17, 15) is 22.8 Å². The number of rotatable bonds is 4. The Balaban J connectivity index is 2.23. The van der Waals surface area contributed by atoms with Gasteiger partial charge in [0.15, 0.2) is 0 Å². The maximum atomic E-state index is 12.6. The summed E-state index contributed by atoms with van der Waals surface area (Å²) in [7, 11) is 0. The van der Waals surface area contributed by atoms with Crippen LogP contribution in [0.2, 0.25) is 0 Å². The summed E-state index contributed by atoms with van der Waals surface area (Å²) < 4.78 is 37.7. The molecular formula is C17H18F3NO2. The number of hydrogen-bond acceptors (Lipinski definition) is 3. The topological polar surface area (TPSA) is 46.2 Å². The number of anilines is 1. The van der Waals surface area contributed by atoms with Crippen molar-refractivity contribution in [3.05, 3.63) is 50.3 Å². The van der Waals surface area contributed by atoms with Gasteiger partial charge in [-0.05, 0) is 29.5 Å². The van der Waals surface area contributed by atoms with E-state index in [0.29, 0.717) is 12.1 Å². The molecule has 0 amide bonds. The second-order valence-electron chi connectivity index (χ2n) is 6.72. The standard InChI is InChI=1S/C17H18F3NO2/c1-16(2,3)8-9-21-13-12(14(22)15(13)23)10-4-6-11(7-5-10)17(18,19)20/h4-7,21H,8-9H2,1-3H3. The van der Waals surface area contributed by atoms with E-state index >= 15 is 0 Å². The SMILES string of the molecule is CC(C)(C)CCNc1c(-c2ccc(C(F)(F)F)cc2)c(=O)c1=O. The fraction of sp³-hybridized carbons (Fsp3) is 0.412. The zero-order valence-corrected chi connectivity index (χ0v) is 13.2. The van der Waals surface area contributed by atoms with Gasteiger partial charge in [-0.15, -0.1) is 0 Å². The molecule has 6 heteroatoms. The summed E-state index contributed by atoms with van der Waals surface area (Å²) in [5.74, 6) is 0. The highest BCUT2D eigenvalue weighted by Crippen LogP contribution is 2.32. The van der Waals surface area contributed by atoms with E-state index < -0.39 is 22.6 Å². The van der Waals surface area contributed by atoms with Crippen LogP contribution in [-0.2, 0) is 6.18 Å². The first-order chi connectivity index (χ1) is 10.5. The van der Waals surface area contributed by atoms with Crippen molar-refractivity contribution in [1.82, 2.24) is 0 Å². The molecule has 0 fully saturated rings. The Bertz CT molecular complexity index is 761. The minimum Gasteiger partial charge on any atom is -0.381 e. The Hall–Kier alpha value is -2.11. The van der Waals surface area contributed by atoms with Gasteiger partial charge < -0.3 is 5.32 Å². The second kappa shape index (κ2) is 5.83. The van der Waals surface area contributed by atoms with Crippen molar-refractivity contribution in [1.29, 1.82) is 0 Å². The van der Waals surface area contributed by atoms with E-state index in [2.05, 4.69) is 5.32 Å². The molecule has 0 radical (unpaired) electrons. The monoisotopic (exact) mass is 325 g/mol. The van der Waals surface area contributed by atoms with Crippen LogP contribution in [0, 0.1) is 5.41 Å². The summed E-state index contributed by atoms with van der Waals surface area (Å²) in [5.41, 5.74) is -1.32. The molecule has 0 aromatic heterocycles. The van der Waals surface area contributed by atoms with Crippen molar-refractivity contribution in [2.75, 3.05) is 11.9 Å². The minimum atomic E-state index is -4.43. The van der Waals surface area contributed by atoms with Crippen LogP contribution in [0.1, 0.15) is 32.8 Å². The van der Waals surface area contributed by atoms with Crippen LogP contribution in [0.5, 0.6) is 0 Å². The largest absolute Gasteiger partial charge is 0.416 e. The molecule has 3 nitrogen and oxygen atoms in total. The Morgan fingerprint density at radius 2 is 1.52 bits per heavy atom. The first kappa shape index (κ1) is 17.2. The van der Waals surface area contributed by atoms with Gasteiger partial charge in [0.05, 0.1) is 16.8 Å². The molecule has 0 spiro atoms. The van der Waals surface area contributed by atoms with Crippen molar-refractivity contribution in [3.63, 3.8) is 0 Å². The van der Waals surface area contributed by atoms with Crippen LogP contribution in [0.15, 0.2) is 33.9 Å². The van der Waals surface area contributed by atoms with E-state index in [1.54, 1.807) is 0 Å². The maximum Gasteiger partial charge on any atom is 0.416 e. The average Bonchev–Trinajstić information content (AvgIpc) is 2.44. The summed E-state index contributed by atoms with van der Waals surface area (Å²) in [6.07, 6.45) is -3.64. The first-order valence-corrected chi connectivity index (χ1v) is 7.25. The second-order valence-corrected chi connectivity index (χ2v) is 6.72. The summed E-state index contributed by atoms with van der Waals surface area (Å²) in [4.78, 5) is 23.4. The Labute approximate surface area is 131 Å². The van der Waals surface area contributed by atoms with E-state index in [4.69, 9.17) is 0 Å². The fourth-order valence-corrected chi connectivity index (χ4v) is 2.22. The predicted octanol–water partition coefficient (Wildman–Crippen LogP) is 3.82.